The summed E-state index contributed by atoms with van der Waals surface area (Å²) in [4.78, 5) is 11.3. The number of hydrogen-bond donors (Lipinski definition) is 0. The lowest BCUT2D eigenvalue weighted by molar-refractivity contribution is -0.139. The molecular formula is C22H32O3. The van der Waals surface area contributed by atoms with Crippen molar-refractivity contribution in [3.8, 4) is 0 Å². The van der Waals surface area contributed by atoms with Crippen molar-refractivity contribution in [2.24, 2.45) is 17.3 Å². The Morgan fingerprint density at radius 3 is 2.72 bits per heavy atom. The van der Waals surface area contributed by atoms with Crippen LogP contribution in [0.15, 0.2) is 42.5 Å². The summed E-state index contributed by atoms with van der Waals surface area (Å²) < 4.78 is 10.6. The van der Waals surface area contributed by atoms with Gasteiger partial charge in [-0.25, -0.2) is 0 Å². The quantitative estimate of drug-likeness (QED) is 0.371. The second-order valence-corrected chi connectivity index (χ2v) is 7.59. The van der Waals surface area contributed by atoms with Crippen molar-refractivity contribution in [3.63, 3.8) is 0 Å². The molecule has 1 aliphatic carbocycles. The van der Waals surface area contributed by atoms with Crippen LogP contribution in [0.1, 0.15) is 51.5 Å². The molecule has 1 fully saturated rings. The average molecular weight is 344 g/mol. The van der Waals surface area contributed by atoms with Crippen molar-refractivity contribution in [3.05, 3.63) is 48.0 Å². The molecule has 1 aromatic rings. The topological polar surface area (TPSA) is 35.5 Å². The molecule has 0 heterocycles. The minimum absolute atomic E-state index is 0.171. The molecule has 1 saturated carbocycles. The van der Waals surface area contributed by atoms with E-state index >= 15 is 0 Å². The zero-order valence-electron chi connectivity index (χ0n) is 15.9. The molecule has 0 aromatic heterocycles. The molecule has 3 nitrogen and oxygen atoms in total. The maximum Gasteiger partial charge on any atom is 0.309 e. The predicted molar refractivity (Wildman–Crippen MR) is 101 cm³/mol. The van der Waals surface area contributed by atoms with Crippen LogP contribution in [0.25, 0.3) is 0 Å². The molecule has 0 aliphatic heterocycles. The van der Waals surface area contributed by atoms with Gasteiger partial charge in [-0.3, -0.25) is 4.79 Å². The van der Waals surface area contributed by atoms with Crippen molar-refractivity contribution in [1.29, 1.82) is 0 Å². The SMILES string of the molecule is COC(=O)C/C=C\[C@H]1CCC[C@@H](CCOCc2ccccc2)C1(C)C. The van der Waals surface area contributed by atoms with Crippen LogP contribution in [-0.4, -0.2) is 19.7 Å². The summed E-state index contributed by atoms with van der Waals surface area (Å²) in [6.07, 6.45) is 9.39. The summed E-state index contributed by atoms with van der Waals surface area (Å²) in [6, 6.07) is 10.3. The predicted octanol–water partition coefficient (Wildman–Crippen LogP) is 5.16. The second-order valence-electron chi connectivity index (χ2n) is 7.59. The van der Waals surface area contributed by atoms with Crippen molar-refractivity contribution >= 4 is 5.97 Å². The van der Waals surface area contributed by atoms with Crippen LogP contribution in [0.3, 0.4) is 0 Å². The molecule has 1 aliphatic rings. The Morgan fingerprint density at radius 1 is 1.24 bits per heavy atom. The fourth-order valence-electron chi connectivity index (χ4n) is 3.89. The van der Waals surface area contributed by atoms with Gasteiger partial charge in [-0.2, -0.15) is 0 Å². The van der Waals surface area contributed by atoms with Gasteiger partial charge in [-0.05, 0) is 42.1 Å². The van der Waals surface area contributed by atoms with Gasteiger partial charge in [0.25, 0.3) is 0 Å². The molecular weight excluding hydrogens is 312 g/mol. The molecule has 0 amide bonds. The summed E-state index contributed by atoms with van der Waals surface area (Å²) in [5.41, 5.74) is 1.47. The molecule has 0 saturated heterocycles. The number of carbonyl (C=O) groups excluding carboxylic acids is 1. The highest BCUT2D eigenvalue weighted by atomic mass is 16.5. The number of benzene rings is 1. The number of allylic oxidation sites excluding steroid dienone is 1. The first-order chi connectivity index (χ1) is 12.0. The van der Waals surface area contributed by atoms with Crippen molar-refractivity contribution in [2.75, 3.05) is 13.7 Å². The van der Waals surface area contributed by atoms with Crippen LogP contribution in [-0.2, 0) is 20.9 Å². The summed E-state index contributed by atoms with van der Waals surface area (Å²) in [5.74, 6) is 1.01. The first-order valence-corrected chi connectivity index (χ1v) is 9.39. The lowest BCUT2D eigenvalue weighted by Gasteiger charge is -2.44. The molecule has 2 rings (SSSR count). The Labute approximate surface area is 152 Å². The van der Waals surface area contributed by atoms with E-state index < -0.39 is 0 Å². The fraction of sp³-hybridized carbons (Fsp3) is 0.591. The highest BCUT2D eigenvalue weighted by Crippen LogP contribution is 2.47. The highest BCUT2D eigenvalue weighted by molar-refractivity contribution is 5.70. The third-order valence-electron chi connectivity index (χ3n) is 5.68. The Bertz CT molecular complexity index is 548. The van der Waals surface area contributed by atoms with Crippen LogP contribution in [0.2, 0.25) is 0 Å². The van der Waals surface area contributed by atoms with Crippen molar-refractivity contribution in [2.45, 2.75) is 52.6 Å². The first-order valence-electron chi connectivity index (χ1n) is 9.39. The van der Waals surface area contributed by atoms with E-state index in [2.05, 4.69) is 32.1 Å². The Morgan fingerprint density at radius 2 is 2.00 bits per heavy atom. The normalized spacial score (nSPS) is 22.8. The smallest absolute Gasteiger partial charge is 0.309 e. The van der Waals surface area contributed by atoms with Gasteiger partial charge < -0.3 is 9.47 Å². The minimum Gasteiger partial charge on any atom is -0.469 e. The zero-order chi connectivity index (χ0) is 18.1. The molecule has 25 heavy (non-hydrogen) atoms. The van der Waals surface area contributed by atoms with Crippen LogP contribution in [0, 0.1) is 17.3 Å². The molecule has 0 spiro atoms. The fourth-order valence-corrected chi connectivity index (χ4v) is 3.89. The minimum atomic E-state index is -0.171. The van der Waals surface area contributed by atoms with Gasteiger partial charge in [-0.1, -0.05) is 62.8 Å². The van der Waals surface area contributed by atoms with Gasteiger partial charge in [0.05, 0.1) is 20.1 Å². The maximum absolute atomic E-state index is 11.3. The standard InChI is InChI=1S/C22H32O3/c1-22(2)19(13-8-14-21(23)24-3)11-7-12-20(22)15-16-25-17-18-9-5-4-6-10-18/h4-6,8-10,13,19-20H,7,11-12,14-17H2,1-3H3/b13-8-/t19-,20+/m1/s1. The van der Waals surface area contributed by atoms with Crippen molar-refractivity contribution in [1.82, 2.24) is 0 Å². The second kappa shape index (κ2) is 9.76. The molecule has 2 atom stereocenters. The number of carbonyl (C=O) groups is 1. The van der Waals surface area contributed by atoms with Gasteiger partial charge in [0.1, 0.15) is 0 Å². The lowest BCUT2D eigenvalue weighted by atomic mass is 9.61. The third kappa shape index (κ3) is 6.00. The number of rotatable bonds is 8. The largest absolute Gasteiger partial charge is 0.469 e. The third-order valence-corrected chi connectivity index (χ3v) is 5.68. The van der Waals surface area contributed by atoms with Gasteiger partial charge >= 0.3 is 5.97 Å². The van der Waals surface area contributed by atoms with E-state index in [9.17, 15) is 4.79 Å². The van der Waals surface area contributed by atoms with Crippen LogP contribution < -0.4 is 0 Å². The van der Waals surface area contributed by atoms with E-state index in [0.717, 1.165) is 13.0 Å². The summed E-state index contributed by atoms with van der Waals surface area (Å²) in [6.45, 7) is 6.22. The molecule has 0 unspecified atom stereocenters. The van der Waals surface area contributed by atoms with E-state index in [1.807, 2.05) is 24.3 Å². The van der Waals surface area contributed by atoms with Gasteiger partial charge in [0, 0.05) is 6.61 Å². The van der Waals surface area contributed by atoms with Gasteiger partial charge in [0.15, 0.2) is 0 Å². The first kappa shape index (κ1) is 19.7. The maximum atomic E-state index is 11.3. The molecule has 3 heteroatoms. The summed E-state index contributed by atoms with van der Waals surface area (Å²) in [7, 11) is 1.44. The van der Waals surface area contributed by atoms with Gasteiger partial charge in [-0.15, -0.1) is 0 Å². The molecule has 0 radical (unpaired) electrons. The van der Waals surface area contributed by atoms with E-state index in [4.69, 9.17) is 9.47 Å². The monoisotopic (exact) mass is 344 g/mol. The van der Waals surface area contributed by atoms with Gasteiger partial charge in [0.2, 0.25) is 0 Å². The number of ether oxygens (including phenoxy) is 2. The van der Waals surface area contributed by atoms with Crippen molar-refractivity contribution < 1.29 is 14.3 Å². The average Bonchev–Trinajstić information content (AvgIpc) is 2.61. The number of methoxy groups -OCH3 is 1. The summed E-state index contributed by atoms with van der Waals surface area (Å²) >= 11 is 0. The number of hydrogen-bond acceptors (Lipinski definition) is 3. The van der Waals surface area contributed by atoms with Crippen LogP contribution in [0.5, 0.6) is 0 Å². The van der Waals surface area contributed by atoms with E-state index in [1.54, 1.807) is 0 Å². The highest BCUT2D eigenvalue weighted by Gasteiger charge is 2.38. The van der Waals surface area contributed by atoms with E-state index in [-0.39, 0.29) is 11.4 Å². The molecule has 0 N–H and O–H groups in total. The summed E-state index contributed by atoms with van der Waals surface area (Å²) in [5, 5.41) is 0. The van der Waals surface area contributed by atoms with Crippen LogP contribution in [0.4, 0.5) is 0 Å². The Balaban J connectivity index is 1.80. The Kier molecular flexibility index (Phi) is 7.70. The number of esters is 1. The molecule has 0 bridgehead atoms. The Hall–Kier alpha value is -1.61. The van der Waals surface area contributed by atoms with Crippen LogP contribution >= 0.6 is 0 Å². The lowest BCUT2D eigenvalue weighted by Crippen LogP contribution is -2.36. The molecule has 1 aromatic carbocycles. The van der Waals surface area contributed by atoms with E-state index in [0.29, 0.717) is 24.9 Å². The van der Waals surface area contributed by atoms with E-state index in [1.165, 1.54) is 31.9 Å². The molecule has 138 valence electrons. The zero-order valence-corrected chi connectivity index (χ0v) is 15.9.